The maximum atomic E-state index is 4.29. The number of aliphatic imine (C=N–C) groups is 1. The summed E-state index contributed by atoms with van der Waals surface area (Å²) in [5.41, 5.74) is 2.31. The highest BCUT2D eigenvalue weighted by Gasteiger charge is 1.83. The molecule has 0 aromatic heterocycles. The molecule has 0 aromatic rings. The number of hydrogen-bond donors (Lipinski definition) is 0. The van der Waals surface area contributed by atoms with E-state index in [1.165, 1.54) is 5.71 Å². The molecule has 0 atom stereocenters. The first-order valence-corrected chi connectivity index (χ1v) is 3.37. The number of hydrogen-bond acceptors (Lipinski definition) is 1. The second-order valence-electron chi connectivity index (χ2n) is 2.13. The molecule has 9 heavy (non-hydrogen) atoms. The summed E-state index contributed by atoms with van der Waals surface area (Å²) in [6.07, 6.45) is 3.06. The lowest BCUT2D eigenvalue weighted by atomic mass is 10.3. The molecule has 0 aliphatic carbocycles. The van der Waals surface area contributed by atoms with Crippen LogP contribution in [0.2, 0.25) is 0 Å². The van der Waals surface area contributed by atoms with Crippen molar-refractivity contribution in [2.24, 2.45) is 4.99 Å². The largest absolute Gasteiger partial charge is 0.263 e. The molecule has 0 rings (SSSR count). The summed E-state index contributed by atoms with van der Waals surface area (Å²) in [6.45, 7) is 8.18. The van der Waals surface area contributed by atoms with E-state index in [2.05, 4.69) is 11.9 Å². The van der Waals surface area contributed by atoms with Crippen LogP contribution in [0.5, 0.6) is 0 Å². The Bertz CT molecular complexity index is 132. The number of nitrogens with zero attached hydrogens (tertiary/aromatic N) is 1. The molecule has 0 fully saturated rings. The van der Waals surface area contributed by atoms with Crippen LogP contribution in [0.15, 0.2) is 16.8 Å². The van der Waals surface area contributed by atoms with Crippen molar-refractivity contribution in [2.75, 3.05) is 0 Å². The fourth-order valence-corrected chi connectivity index (χ4v) is 0.445. The Morgan fingerprint density at radius 1 is 1.44 bits per heavy atom. The van der Waals surface area contributed by atoms with E-state index in [4.69, 9.17) is 0 Å². The second-order valence-corrected chi connectivity index (χ2v) is 2.13. The monoisotopic (exact) mass is 125 g/mol. The minimum Gasteiger partial charge on any atom is -0.263 e. The van der Waals surface area contributed by atoms with Gasteiger partial charge in [0, 0.05) is 11.4 Å². The van der Waals surface area contributed by atoms with Gasteiger partial charge in [-0.2, -0.15) is 0 Å². The Morgan fingerprint density at radius 3 is 2.33 bits per heavy atom. The lowest BCUT2D eigenvalue weighted by molar-refractivity contribution is 1.20. The Balaban J connectivity index is 3.95. The number of allylic oxidation sites excluding steroid dienone is 2. The smallest absolute Gasteiger partial charge is 0.0329 e. The van der Waals surface area contributed by atoms with Crippen molar-refractivity contribution in [2.45, 2.75) is 34.1 Å². The Morgan fingerprint density at radius 2 is 2.00 bits per heavy atom. The van der Waals surface area contributed by atoms with Crippen LogP contribution in [0.25, 0.3) is 0 Å². The van der Waals surface area contributed by atoms with E-state index in [1.54, 1.807) is 0 Å². The summed E-state index contributed by atoms with van der Waals surface area (Å²) in [6, 6.07) is 0. The van der Waals surface area contributed by atoms with E-state index in [0.717, 1.165) is 12.1 Å². The van der Waals surface area contributed by atoms with Gasteiger partial charge < -0.3 is 0 Å². The van der Waals surface area contributed by atoms with Gasteiger partial charge in [-0.15, -0.1) is 0 Å². The Kier molecular flexibility index (Phi) is 4.02. The summed E-state index contributed by atoms with van der Waals surface area (Å²) in [7, 11) is 0. The summed E-state index contributed by atoms with van der Waals surface area (Å²) in [5.74, 6) is 0. The fourth-order valence-electron chi connectivity index (χ4n) is 0.445. The second kappa shape index (κ2) is 4.30. The van der Waals surface area contributed by atoms with Gasteiger partial charge in [-0.3, -0.25) is 4.99 Å². The van der Waals surface area contributed by atoms with Gasteiger partial charge in [-0.25, -0.2) is 0 Å². The molecule has 1 heteroatoms. The SMILES string of the molecule is CC=C(C)N=C(C)CC. The van der Waals surface area contributed by atoms with Crippen molar-refractivity contribution in [3.63, 3.8) is 0 Å². The zero-order chi connectivity index (χ0) is 7.28. The number of rotatable bonds is 2. The molecule has 0 saturated heterocycles. The Hall–Kier alpha value is -0.590. The Labute approximate surface area is 57.5 Å². The van der Waals surface area contributed by atoms with Gasteiger partial charge in [0.05, 0.1) is 0 Å². The summed E-state index contributed by atoms with van der Waals surface area (Å²) in [5, 5.41) is 0. The van der Waals surface area contributed by atoms with Crippen LogP contribution in [0, 0.1) is 0 Å². The van der Waals surface area contributed by atoms with Gasteiger partial charge in [0.1, 0.15) is 0 Å². The lowest BCUT2D eigenvalue weighted by Gasteiger charge is -1.93. The van der Waals surface area contributed by atoms with Gasteiger partial charge in [0.15, 0.2) is 0 Å². The van der Waals surface area contributed by atoms with Crippen molar-refractivity contribution >= 4 is 5.71 Å². The third kappa shape index (κ3) is 3.95. The highest BCUT2D eigenvalue weighted by molar-refractivity contribution is 5.82. The lowest BCUT2D eigenvalue weighted by Crippen LogP contribution is -1.86. The summed E-state index contributed by atoms with van der Waals surface area (Å²) < 4.78 is 0. The van der Waals surface area contributed by atoms with Crippen molar-refractivity contribution in [3.8, 4) is 0 Å². The first-order chi connectivity index (χ1) is 4.20. The van der Waals surface area contributed by atoms with Crippen LogP contribution >= 0.6 is 0 Å². The third-order valence-electron chi connectivity index (χ3n) is 1.30. The van der Waals surface area contributed by atoms with Crippen molar-refractivity contribution < 1.29 is 0 Å². The van der Waals surface area contributed by atoms with E-state index in [9.17, 15) is 0 Å². The van der Waals surface area contributed by atoms with Crippen LogP contribution in [-0.2, 0) is 0 Å². The van der Waals surface area contributed by atoms with Crippen LogP contribution in [-0.4, -0.2) is 5.71 Å². The molecule has 52 valence electrons. The minimum absolute atomic E-state index is 1.05. The zero-order valence-corrected chi connectivity index (χ0v) is 6.73. The topological polar surface area (TPSA) is 12.4 Å². The molecule has 0 heterocycles. The molecule has 0 radical (unpaired) electrons. The molecule has 0 N–H and O–H groups in total. The van der Waals surface area contributed by atoms with Crippen molar-refractivity contribution in [1.29, 1.82) is 0 Å². The van der Waals surface area contributed by atoms with Gasteiger partial charge in [0.2, 0.25) is 0 Å². The maximum Gasteiger partial charge on any atom is 0.0329 e. The van der Waals surface area contributed by atoms with Crippen LogP contribution in [0.3, 0.4) is 0 Å². The molecule has 0 aliphatic rings. The molecular weight excluding hydrogens is 110 g/mol. The van der Waals surface area contributed by atoms with Crippen LogP contribution < -0.4 is 0 Å². The van der Waals surface area contributed by atoms with Crippen LogP contribution in [0.4, 0.5) is 0 Å². The third-order valence-corrected chi connectivity index (χ3v) is 1.30. The quantitative estimate of drug-likeness (QED) is 0.503. The maximum absolute atomic E-state index is 4.29. The average Bonchev–Trinajstić information content (AvgIpc) is 1.87. The van der Waals surface area contributed by atoms with Crippen molar-refractivity contribution in [3.05, 3.63) is 11.8 Å². The van der Waals surface area contributed by atoms with Gasteiger partial charge in [-0.05, 0) is 27.2 Å². The van der Waals surface area contributed by atoms with Crippen LogP contribution in [0.1, 0.15) is 34.1 Å². The molecule has 0 unspecified atom stereocenters. The highest BCUT2D eigenvalue weighted by atomic mass is 14.7. The zero-order valence-electron chi connectivity index (χ0n) is 6.73. The molecule has 0 aliphatic heterocycles. The van der Waals surface area contributed by atoms with Gasteiger partial charge >= 0.3 is 0 Å². The van der Waals surface area contributed by atoms with E-state index < -0.39 is 0 Å². The normalized spacial score (nSPS) is 14.2. The van der Waals surface area contributed by atoms with Crippen molar-refractivity contribution in [1.82, 2.24) is 0 Å². The minimum atomic E-state index is 1.05. The van der Waals surface area contributed by atoms with E-state index in [1.807, 2.05) is 26.8 Å². The first-order valence-electron chi connectivity index (χ1n) is 3.37. The van der Waals surface area contributed by atoms with E-state index >= 15 is 0 Å². The molecule has 0 bridgehead atoms. The fraction of sp³-hybridized carbons (Fsp3) is 0.625. The molecule has 0 amide bonds. The standard InChI is InChI=1S/C8H15N/c1-5-7(3)9-8(4)6-2/h5H,6H2,1-4H3. The summed E-state index contributed by atoms with van der Waals surface area (Å²) >= 11 is 0. The van der Waals surface area contributed by atoms with Gasteiger partial charge in [-0.1, -0.05) is 13.0 Å². The molecule has 0 aromatic carbocycles. The molecular formula is C8H15N. The van der Waals surface area contributed by atoms with E-state index in [-0.39, 0.29) is 0 Å². The molecule has 1 nitrogen and oxygen atoms in total. The first kappa shape index (κ1) is 8.41. The van der Waals surface area contributed by atoms with Gasteiger partial charge in [0.25, 0.3) is 0 Å². The molecule has 0 spiro atoms. The average molecular weight is 125 g/mol. The predicted octanol–water partition coefficient (Wildman–Crippen LogP) is 2.78. The summed E-state index contributed by atoms with van der Waals surface area (Å²) in [4.78, 5) is 4.29. The van der Waals surface area contributed by atoms with E-state index in [0.29, 0.717) is 0 Å². The molecule has 0 saturated carbocycles. The predicted molar refractivity (Wildman–Crippen MR) is 42.8 cm³/mol. The highest BCUT2D eigenvalue weighted by Crippen LogP contribution is 1.95.